The smallest absolute Gasteiger partial charge is 0.0558 e. The highest BCUT2D eigenvalue weighted by Gasteiger charge is 2.21. The van der Waals surface area contributed by atoms with Gasteiger partial charge in [-0.15, -0.1) is 0 Å². The van der Waals surface area contributed by atoms with Gasteiger partial charge in [0.05, 0.1) is 6.61 Å². The molecule has 1 aliphatic heterocycles. The van der Waals surface area contributed by atoms with Crippen molar-refractivity contribution >= 4 is 0 Å². The number of rotatable bonds is 3. The van der Waals surface area contributed by atoms with Gasteiger partial charge in [-0.1, -0.05) is 20.8 Å². The van der Waals surface area contributed by atoms with E-state index in [-0.39, 0.29) is 0 Å². The van der Waals surface area contributed by atoms with Crippen molar-refractivity contribution in [2.45, 2.75) is 46.1 Å². The van der Waals surface area contributed by atoms with Crippen molar-refractivity contribution in [3.63, 3.8) is 0 Å². The molecule has 0 amide bonds. The molecule has 1 heterocycles. The fourth-order valence-corrected chi connectivity index (χ4v) is 1.78. The van der Waals surface area contributed by atoms with Crippen molar-refractivity contribution in [1.82, 2.24) is 4.90 Å². The summed E-state index contributed by atoms with van der Waals surface area (Å²) in [6.45, 7) is 8.61. The van der Waals surface area contributed by atoms with Gasteiger partial charge in [-0.3, -0.25) is 4.90 Å². The molecule has 0 aromatic rings. The van der Waals surface area contributed by atoms with Gasteiger partial charge in [0, 0.05) is 12.6 Å². The maximum atomic E-state index is 8.70. The van der Waals surface area contributed by atoms with Crippen LogP contribution < -0.4 is 0 Å². The SMILES string of the molecule is CC.CCC1CCCN1CCO. The van der Waals surface area contributed by atoms with Crippen LogP contribution in [-0.4, -0.2) is 35.7 Å². The summed E-state index contributed by atoms with van der Waals surface area (Å²) in [5.41, 5.74) is 0. The maximum Gasteiger partial charge on any atom is 0.0558 e. The van der Waals surface area contributed by atoms with E-state index in [1.165, 1.54) is 25.8 Å². The molecule has 1 N–H and O–H groups in total. The minimum atomic E-state index is 0.316. The standard InChI is InChI=1S/C8H17NO.C2H6/c1-2-8-4-3-5-9(8)6-7-10;1-2/h8,10H,2-7H2,1H3;1-2H3. The van der Waals surface area contributed by atoms with Gasteiger partial charge >= 0.3 is 0 Å². The summed E-state index contributed by atoms with van der Waals surface area (Å²) >= 11 is 0. The van der Waals surface area contributed by atoms with Gasteiger partial charge in [0.1, 0.15) is 0 Å². The lowest BCUT2D eigenvalue weighted by Crippen LogP contribution is -2.31. The molecule has 0 radical (unpaired) electrons. The third kappa shape index (κ3) is 3.55. The van der Waals surface area contributed by atoms with Crippen molar-refractivity contribution in [2.75, 3.05) is 19.7 Å². The van der Waals surface area contributed by atoms with Crippen LogP contribution in [0.25, 0.3) is 0 Å². The fraction of sp³-hybridized carbons (Fsp3) is 1.00. The molecule has 1 atom stereocenters. The topological polar surface area (TPSA) is 23.5 Å². The Morgan fingerprint density at radius 3 is 2.58 bits per heavy atom. The lowest BCUT2D eigenvalue weighted by Gasteiger charge is -2.21. The Kier molecular flexibility index (Phi) is 7.51. The fourth-order valence-electron chi connectivity index (χ4n) is 1.78. The molecule has 0 aromatic heterocycles. The zero-order chi connectivity index (χ0) is 9.40. The molecule has 12 heavy (non-hydrogen) atoms. The van der Waals surface area contributed by atoms with E-state index in [1.807, 2.05) is 13.8 Å². The second-order valence-corrected chi connectivity index (χ2v) is 2.96. The Labute approximate surface area is 76.6 Å². The van der Waals surface area contributed by atoms with E-state index < -0.39 is 0 Å². The normalized spacial score (nSPS) is 23.5. The molecule has 1 fully saturated rings. The highest BCUT2D eigenvalue weighted by atomic mass is 16.3. The number of aliphatic hydroxyl groups excluding tert-OH is 1. The van der Waals surface area contributed by atoms with Gasteiger partial charge in [0.15, 0.2) is 0 Å². The second kappa shape index (κ2) is 7.56. The highest BCUT2D eigenvalue weighted by molar-refractivity contribution is 4.77. The van der Waals surface area contributed by atoms with Crippen LogP contribution >= 0.6 is 0 Å². The Morgan fingerprint density at radius 1 is 1.42 bits per heavy atom. The van der Waals surface area contributed by atoms with E-state index in [0.29, 0.717) is 6.61 Å². The van der Waals surface area contributed by atoms with E-state index in [4.69, 9.17) is 5.11 Å². The zero-order valence-electron chi connectivity index (χ0n) is 8.71. The van der Waals surface area contributed by atoms with Crippen LogP contribution in [0, 0.1) is 0 Å². The predicted molar refractivity (Wildman–Crippen MR) is 53.3 cm³/mol. The molecule has 1 rings (SSSR count). The molecule has 0 spiro atoms. The molecular formula is C10H23NO. The third-order valence-electron chi connectivity index (χ3n) is 2.36. The molecule has 2 nitrogen and oxygen atoms in total. The molecule has 0 saturated carbocycles. The van der Waals surface area contributed by atoms with Crippen LogP contribution in [0.2, 0.25) is 0 Å². The van der Waals surface area contributed by atoms with E-state index in [1.54, 1.807) is 0 Å². The van der Waals surface area contributed by atoms with Crippen LogP contribution in [0.15, 0.2) is 0 Å². The lowest BCUT2D eigenvalue weighted by molar-refractivity contribution is 0.182. The monoisotopic (exact) mass is 173 g/mol. The minimum absolute atomic E-state index is 0.316. The summed E-state index contributed by atoms with van der Waals surface area (Å²) in [5.74, 6) is 0. The first-order valence-electron chi connectivity index (χ1n) is 5.23. The first kappa shape index (κ1) is 11.9. The van der Waals surface area contributed by atoms with Gasteiger partial charge in [0.2, 0.25) is 0 Å². The largest absolute Gasteiger partial charge is 0.395 e. The Balaban J connectivity index is 0.000000561. The molecule has 0 aliphatic carbocycles. The number of likely N-dealkylation sites (tertiary alicyclic amines) is 1. The van der Waals surface area contributed by atoms with Crippen molar-refractivity contribution in [3.05, 3.63) is 0 Å². The number of aliphatic hydroxyl groups is 1. The summed E-state index contributed by atoms with van der Waals surface area (Å²) in [6, 6.07) is 0.757. The van der Waals surface area contributed by atoms with Crippen molar-refractivity contribution in [1.29, 1.82) is 0 Å². The van der Waals surface area contributed by atoms with Gasteiger partial charge < -0.3 is 5.11 Å². The van der Waals surface area contributed by atoms with Crippen LogP contribution in [0.4, 0.5) is 0 Å². The quantitative estimate of drug-likeness (QED) is 0.704. The Bertz CT molecular complexity index is 95.8. The molecule has 0 aromatic carbocycles. The van der Waals surface area contributed by atoms with E-state index >= 15 is 0 Å². The van der Waals surface area contributed by atoms with Gasteiger partial charge in [-0.2, -0.15) is 0 Å². The molecule has 2 heteroatoms. The highest BCUT2D eigenvalue weighted by Crippen LogP contribution is 2.18. The predicted octanol–water partition coefficient (Wildman–Crippen LogP) is 1.88. The second-order valence-electron chi connectivity index (χ2n) is 2.96. The number of hydrogen-bond acceptors (Lipinski definition) is 2. The molecular weight excluding hydrogens is 150 g/mol. The maximum absolute atomic E-state index is 8.70. The van der Waals surface area contributed by atoms with Crippen LogP contribution in [0.3, 0.4) is 0 Å². The summed E-state index contributed by atoms with van der Waals surface area (Å²) in [6.07, 6.45) is 3.88. The van der Waals surface area contributed by atoms with E-state index in [2.05, 4.69) is 11.8 Å². The number of nitrogens with zero attached hydrogens (tertiary/aromatic N) is 1. The molecule has 74 valence electrons. The summed E-state index contributed by atoms with van der Waals surface area (Å²) in [7, 11) is 0. The van der Waals surface area contributed by atoms with Gasteiger partial charge in [-0.25, -0.2) is 0 Å². The summed E-state index contributed by atoms with van der Waals surface area (Å²) < 4.78 is 0. The zero-order valence-corrected chi connectivity index (χ0v) is 8.71. The molecule has 1 unspecified atom stereocenters. The van der Waals surface area contributed by atoms with Gasteiger partial charge in [-0.05, 0) is 25.8 Å². The summed E-state index contributed by atoms with van der Waals surface area (Å²) in [5, 5.41) is 8.70. The van der Waals surface area contributed by atoms with Crippen LogP contribution in [-0.2, 0) is 0 Å². The van der Waals surface area contributed by atoms with Crippen molar-refractivity contribution in [3.8, 4) is 0 Å². The van der Waals surface area contributed by atoms with Crippen LogP contribution in [0.5, 0.6) is 0 Å². The number of hydrogen-bond donors (Lipinski definition) is 1. The first-order chi connectivity index (χ1) is 5.88. The van der Waals surface area contributed by atoms with Crippen molar-refractivity contribution in [2.24, 2.45) is 0 Å². The third-order valence-corrected chi connectivity index (χ3v) is 2.36. The van der Waals surface area contributed by atoms with Crippen molar-refractivity contribution < 1.29 is 5.11 Å². The molecule has 0 bridgehead atoms. The Morgan fingerprint density at radius 2 is 2.08 bits per heavy atom. The number of β-amino-alcohol motifs (C(OH)–C–C–N with tert-alkyl or cyclic N) is 1. The van der Waals surface area contributed by atoms with E-state index in [9.17, 15) is 0 Å². The average molecular weight is 173 g/mol. The van der Waals surface area contributed by atoms with Gasteiger partial charge in [0.25, 0.3) is 0 Å². The Hall–Kier alpha value is -0.0800. The molecule has 1 aliphatic rings. The lowest BCUT2D eigenvalue weighted by atomic mass is 10.2. The average Bonchev–Trinajstić information content (AvgIpc) is 2.56. The van der Waals surface area contributed by atoms with Crippen LogP contribution in [0.1, 0.15) is 40.0 Å². The van der Waals surface area contributed by atoms with E-state index in [0.717, 1.165) is 12.6 Å². The summed E-state index contributed by atoms with van der Waals surface area (Å²) in [4.78, 5) is 2.39. The minimum Gasteiger partial charge on any atom is -0.395 e. The molecule has 1 saturated heterocycles. The first-order valence-corrected chi connectivity index (χ1v) is 5.23.